The van der Waals surface area contributed by atoms with Crippen LogP contribution in [-0.4, -0.2) is 45.9 Å². The first-order valence-electron chi connectivity index (χ1n) is 9.31. The predicted molar refractivity (Wildman–Crippen MR) is 96.1 cm³/mol. The van der Waals surface area contributed by atoms with Crippen molar-refractivity contribution in [1.82, 2.24) is 14.9 Å². The van der Waals surface area contributed by atoms with Gasteiger partial charge in [0.2, 0.25) is 11.9 Å². The van der Waals surface area contributed by atoms with Crippen molar-refractivity contribution >= 4 is 17.8 Å². The Balaban J connectivity index is 1.37. The van der Waals surface area contributed by atoms with Gasteiger partial charge < -0.3 is 4.90 Å². The smallest absolute Gasteiger partial charge is 0.254 e. The molecule has 144 valence electrons. The molecule has 3 aliphatic rings. The van der Waals surface area contributed by atoms with Gasteiger partial charge in [-0.2, -0.15) is 0 Å². The van der Waals surface area contributed by atoms with Crippen molar-refractivity contribution in [3.8, 4) is 0 Å². The van der Waals surface area contributed by atoms with E-state index in [4.69, 9.17) is 0 Å². The number of fused-ring (bicyclic) bond motifs is 2. The zero-order valence-electron chi connectivity index (χ0n) is 15.0. The first-order valence-corrected chi connectivity index (χ1v) is 9.31. The van der Waals surface area contributed by atoms with E-state index >= 15 is 0 Å². The first kappa shape index (κ1) is 17.2. The molecule has 2 amide bonds. The molecule has 5 rings (SSSR count). The van der Waals surface area contributed by atoms with Gasteiger partial charge in [-0.1, -0.05) is 12.1 Å². The van der Waals surface area contributed by atoms with Crippen molar-refractivity contribution in [2.75, 3.05) is 18.4 Å². The van der Waals surface area contributed by atoms with Gasteiger partial charge in [0.25, 0.3) is 5.91 Å². The summed E-state index contributed by atoms with van der Waals surface area (Å²) in [6.07, 6.45) is 3.50. The number of amides is 2. The summed E-state index contributed by atoms with van der Waals surface area (Å²) in [5, 5.41) is 2.44. The van der Waals surface area contributed by atoms with Crippen molar-refractivity contribution in [2.45, 2.75) is 36.8 Å². The van der Waals surface area contributed by atoms with Gasteiger partial charge in [-0.3, -0.25) is 14.9 Å². The monoisotopic (exact) mass is 384 g/mol. The fourth-order valence-corrected chi connectivity index (χ4v) is 4.04. The zero-order chi connectivity index (χ0) is 19.5. The number of halogens is 2. The van der Waals surface area contributed by atoms with E-state index in [1.807, 2.05) is 12.1 Å². The van der Waals surface area contributed by atoms with Gasteiger partial charge in [-0.15, -0.1) is 0 Å². The van der Waals surface area contributed by atoms with Gasteiger partial charge in [0.05, 0.1) is 12.4 Å². The summed E-state index contributed by atoms with van der Waals surface area (Å²) in [4.78, 5) is 33.9. The topological polar surface area (TPSA) is 75.2 Å². The lowest BCUT2D eigenvalue weighted by Gasteiger charge is -2.34. The molecular formula is C20H18F2N4O2. The largest absolute Gasteiger partial charge is 0.328 e. The van der Waals surface area contributed by atoms with Gasteiger partial charge >= 0.3 is 0 Å². The highest BCUT2D eigenvalue weighted by Gasteiger charge is 2.61. The lowest BCUT2D eigenvalue weighted by Crippen LogP contribution is -2.47. The quantitative estimate of drug-likeness (QED) is 0.879. The van der Waals surface area contributed by atoms with Crippen LogP contribution in [0.1, 0.15) is 46.7 Å². The maximum absolute atomic E-state index is 14.4. The Labute approximate surface area is 160 Å². The summed E-state index contributed by atoms with van der Waals surface area (Å²) >= 11 is 0. The van der Waals surface area contributed by atoms with Crippen LogP contribution in [0.2, 0.25) is 0 Å². The fraction of sp³-hybridized carbons (Fsp3) is 0.400. The zero-order valence-corrected chi connectivity index (χ0v) is 15.0. The molecule has 2 saturated carbocycles. The second kappa shape index (κ2) is 6.05. The third-order valence-corrected chi connectivity index (χ3v) is 5.81. The van der Waals surface area contributed by atoms with Crippen molar-refractivity contribution in [2.24, 2.45) is 0 Å². The Hall–Kier alpha value is -2.90. The molecule has 0 unspecified atom stereocenters. The van der Waals surface area contributed by atoms with E-state index in [0.717, 1.165) is 30.8 Å². The summed E-state index contributed by atoms with van der Waals surface area (Å²) in [5.41, 5.74) is 1.72. The fourth-order valence-electron chi connectivity index (χ4n) is 4.04. The molecule has 1 aromatic carbocycles. The summed E-state index contributed by atoms with van der Waals surface area (Å²) in [6.45, 7) is -0.0658. The number of rotatable bonds is 4. The molecule has 2 aliphatic carbocycles. The molecule has 2 fully saturated rings. The Morgan fingerprint density at radius 3 is 2.64 bits per heavy atom. The summed E-state index contributed by atoms with van der Waals surface area (Å²) in [5.74, 6) is -0.930. The molecule has 1 spiro atoms. The summed E-state index contributed by atoms with van der Waals surface area (Å²) in [7, 11) is 0. The van der Waals surface area contributed by atoms with Crippen molar-refractivity contribution in [3.05, 3.63) is 53.1 Å². The van der Waals surface area contributed by atoms with Crippen LogP contribution in [0.15, 0.2) is 30.6 Å². The Kier molecular flexibility index (Phi) is 3.72. The second-order valence-electron chi connectivity index (χ2n) is 7.84. The minimum absolute atomic E-state index is 0.0464. The molecule has 1 aromatic heterocycles. The van der Waals surface area contributed by atoms with Crippen molar-refractivity contribution in [3.63, 3.8) is 0 Å². The number of carbonyl (C=O) groups excluding carboxylic acids is 2. The highest BCUT2D eigenvalue weighted by atomic mass is 19.1. The maximum Gasteiger partial charge on any atom is 0.254 e. The van der Waals surface area contributed by atoms with Crippen LogP contribution in [0.25, 0.3) is 0 Å². The Morgan fingerprint density at radius 1 is 1.29 bits per heavy atom. The molecule has 2 atom stereocenters. The van der Waals surface area contributed by atoms with Crippen molar-refractivity contribution in [1.29, 1.82) is 0 Å². The number of aromatic nitrogens is 2. The van der Waals surface area contributed by atoms with Gasteiger partial charge in [-0.25, -0.2) is 18.7 Å². The SMILES string of the molecule is O=C(CN1C[C@@]2(C[C@@H]2F)c2cc(C3CC3)ccc2C1=O)Nc1ncc(F)cn1. The second-order valence-corrected chi connectivity index (χ2v) is 7.84. The first-order chi connectivity index (χ1) is 13.5. The highest BCUT2D eigenvalue weighted by molar-refractivity contribution is 6.01. The predicted octanol–water partition coefficient (Wildman–Crippen LogP) is 2.57. The van der Waals surface area contributed by atoms with Crippen LogP contribution in [0.4, 0.5) is 14.7 Å². The molecular weight excluding hydrogens is 366 g/mol. The molecule has 1 N–H and O–H groups in total. The molecule has 2 heterocycles. The number of hydrogen-bond acceptors (Lipinski definition) is 4. The standard InChI is InChI=1S/C20H18F2N4O2/c21-13-7-23-19(24-8-13)25-17(27)9-26-10-20(6-16(20)22)15-5-12(11-1-2-11)3-4-14(15)18(26)28/h3-5,7-8,11,16H,1-2,6,9-10H2,(H,23,24,25,27)/t16-,20-/m0/s1. The average Bonchev–Trinajstić information content (AvgIpc) is 3.59. The third kappa shape index (κ3) is 2.83. The Morgan fingerprint density at radius 2 is 2.00 bits per heavy atom. The minimum Gasteiger partial charge on any atom is -0.328 e. The van der Waals surface area contributed by atoms with E-state index in [2.05, 4.69) is 15.3 Å². The number of nitrogens with one attached hydrogen (secondary N) is 1. The van der Waals surface area contributed by atoms with Gasteiger partial charge in [0.1, 0.15) is 12.7 Å². The van der Waals surface area contributed by atoms with Crippen molar-refractivity contribution < 1.29 is 18.4 Å². The number of alkyl halides is 1. The molecule has 0 saturated heterocycles. The summed E-state index contributed by atoms with van der Waals surface area (Å²) in [6, 6.07) is 5.70. The van der Waals surface area contributed by atoms with Crippen LogP contribution in [0.5, 0.6) is 0 Å². The average molecular weight is 384 g/mol. The van der Waals surface area contributed by atoms with E-state index in [1.54, 1.807) is 6.07 Å². The highest BCUT2D eigenvalue weighted by Crippen LogP contribution is 2.55. The van der Waals surface area contributed by atoms with Gasteiger partial charge in [0.15, 0.2) is 5.82 Å². The number of nitrogens with zero attached hydrogens (tertiary/aromatic N) is 3. The van der Waals surface area contributed by atoms with E-state index in [-0.39, 0.29) is 24.9 Å². The van der Waals surface area contributed by atoms with Gasteiger partial charge in [-0.05, 0) is 42.4 Å². The number of benzene rings is 1. The van der Waals surface area contributed by atoms with Crippen LogP contribution >= 0.6 is 0 Å². The molecule has 0 bridgehead atoms. The van der Waals surface area contributed by atoms with E-state index in [1.165, 1.54) is 10.5 Å². The number of carbonyl (C=O) groups is 2. The van der Waals surface area contributed by atoms with Crippen LogP contribution < -0.4 is 5.32 Å². The molecule has 2 aromatic rings. The van der Waals surface area contributed by atoms with E-state index < -0.39 is 23.3 Å². The van der Waals surface area contributed by atoms with E-state index in [0.29, 0.717) is 17.9 Å². The third-order valence-electron chi connectivity index (χ3n) is 5.81. The minimum atomic E-state index is -1.01. The Bertz CT molecular complexity index is 977. The van der Waals surface area contributed by atoms with Gasteiger partial charge in [0, 0.05) is 17.5 Å². The molecule has 28 heavy (non-hydrogen) atoms. The molecule has 8 heteroatoms. The summed E-state index contributed by atoms with van der Waals surface area (Å²) < 4.78 is 27.3. The lowest BCUT2D eigenvalue weighted by molar-refractivity contribution is -0.117. The number of anilines is 1. The molecule has 0 radical (unpaired) electrons. The lowest BCUT2D eigenvalue weighted by atomic mass is 9.84. The number of hydrogen-bond donors (Lipinski definition) is 1. The normalized spacial score (nSPS) is 25.6. The van der Waals surface area contributed by atoms with Crippen LogP contribution in [0, 0.1) is 5.82 Å². The van der Waals surface area contributed by atoms with Crippen LogP contribution in [0.3, 0.4) is 0 Å². The maximum atomic E-state index is 14.4. The van der Waals surface area contributed by atoms with Crippen LogP contribution in [-0.2, 0) is 10.2 Å². The molecule has 1 aliphatic heterocycles. The van der Waals surface area contributed by atoms with E-state index in [9.17, 15) is 18.4 Å². The molecule has 6 nitrogen and oxygen atoms in total.